The van der Waals surface area contributed by atoms with Crippen molar-refractivity contribution in [2.75, 3.05) is 13.1 Å². The lowest BCUT2D eigenvalue weighted by atomic mass is 9.76. The zero-order chi connectivity index (χ0) is 15.5. The first-order valence-electron chi connectivity index (χ1n) is 8.21. The van der Waals surface area contributed by atoms with Gasteiger partial charge in [-0.15, -0.1) is 0 Å². The summed E-state index contributed by atoms with van der Waals surface area (Å²) in [4.78, 5) is 14.5. The lowest BCUT2D eigenvalue weighted by Gasteiger charge is -2.37. The second-order valence-electron chi connectivity index (χ2n) is 7.74. The number of hydrogen-bond donors (Lipinski definition) is 0. The van der Waals surface area contributed by atoms with E-state index in [0.29, 0.717) is 5.41 Å². The number of nitrogens with zero attached hydrogens (tertiary/aromatic N) is 1. The number of likely N-dealkylation sites (tertiary alicyclic amines) is 1. The molecule has 0 N–H and O–H groups in total. The summed E-state index contributed by atoms with van der Waals surface area (Å²) in [6.45, 7) is 11.1. The van der Waals surface area contributed by atoms with Crippen molar-refractivity contribution in [3.05, 3.63) is 35.9 Å². The van der Waals surface area contributed by atoms with Gasteiger partial charge >= 0.3 is 0 Å². The Morgan fingerprint density at radius 2 is 1.76 bits per heavy atom. The van der Waals surface area contributed by atoms with Gasteiger partial charge in [-0.05, 0) is 48.6 Å². The van der Waals surface area contributed by atoms with Gasteiger partial charge in [0.1, 0.15) is 0 Å². The minimum Gasteiger partial charge on any atom is -0.339 e. The summed E-state index contributed by atoms with van der Waals surface area (Å²) in [7, 11) is 0. The second kappa shape index (κ2) is 6.64. The van der Waals surface area contributed by atoms with E-state index in [1.165, 1.54) is 6.42 Å². The second-order valence-corrected chi connectivity index (χ2v) is 7.74. The Balaban J connectivity index is 1.87. The summed E-state index contributed by atoms with van der Waals surface area (Å²) < 4.78 is 0. The number of amides is 1. The molecule has 1 saturated heterocycles. The van der Waals surface area contributed by atoms with Crippen LogP contribution in [-0.4, -0.2) is 23.9 Å². The van der Waals surface area contributed by atoms with E-state index in [4.69, 9.17) is 0 Å². The van der Waals surface area contributed by atoms with E-state index in [-0.39, 0.29) is 5.91 Å². The van der Waals surface area contributed by atoms with Crippen LogP contribution in [0.15, 0.2) is 30.3 Å². The van der Waals surface area contributed by atoms with E-state index < -0.39 is 0 Å². The molecule has 1 atom stereocenters. The number of carbonyl (C=O) groups excluding carboxylic acids is 1. The third-order valence-corrected chi connectivity index (χ3v) is 4.59. The predicted octanol–water partition coefficient (Wildman–Crippen LogP) is 4.61. The maximum absolute atomic E-state index is 12.4. The highest BCUT2D eigenvalue weighted by molar-refractivity contribution is 5.94. The molecule has 116 valence electrons. The summed E-state index contributed by atoms with van der Waals surface area (Å²) in [5, 5.41) is 0. The van der Waals surface area contributed by atoms with E-state index in [1.807, 2.05) is 35.2 Å². The van der Waals surface area contributed by atoms with Crippen LogP contribution >= 0.6 is 0 Å². The number of hydrogen-bond acceptors (Lipinski definition) is 1. The zero-order valence-corrected chi connectivity index (χ0v) is 13.9. The standard InChI is InChI=1S/C19H29NO/c1-15(14-19(2,3)4)16-10-12-20(13-11-16)18(21)17-8-6-5-7-9-17/h5-9,15-16H,10-14H2,1-4H3. The smallest absolute Gasteiger partial charge is 0.253 e. The van der Waals surface area contributed by atoms with Gasteiger partial charge in [0.25, 0.3) is 5.91 Å². The molecule has 1 unspecified atom stereocenters. The first kappa shape index (κ1) is 16.1. The van der Waals surface area contributed by atoms with E-state index in [2.05, 4.69) is 27.7 Å². The summed E-state index contributed by atoms with van der Waals surface area (Å²) in [6.07, 6.45) is 3.57. The summed E-state index contributed by atoms with van der Waals surface area (Å²) in [6, 6.07) is 9.65. The van der Waals surface area contributed by atoms with Gasteiger partial charge in [0.15, 0.2) is 0 Å². The lowest BCUT2D eigenvalue weighted by Crippen LogP contribution is -2.40. The fourth-order valence-corrected chi connectivity index (χ4v) is 3.57. The number of piperidine rings is 1. The molecule has 2 heteroatoms. The Kier molecular flexibility index (Phi) is 5.08. The predicted molar refractivity (Wildman–Crippen MR) is 88.3 cm³/mol. The third kappa shape index (κ3) is 4.59. The van der Waals surface area contributed by atoms with Crippen molar-refractivity contribution in [1.82, 2.24) is 4.90 Å². The zero-order valence-electron chi connectivity index (χ0n) is 13.9. The fraction of sp³-hybridized carbons (Fsp3) is 0.632. The molecule has 1 aliphatic heterocycles. The fourth-order valence-electron chi connectivity index (χ4n) is 3.57. The van der Waals surface area contributed by atoms with Gasteiger partial charge in [0, 0.05) is 18.7 Å². The topological polar surface area (TPSA) is 20.3 Å². The van der Waals surface area contributed by atoms with Gasteiger partial charge in [0.05, 0.1) is 0 Å². The van der Waals surface area contributed by atoms with Crippen LogP contribution in [0.1, 0.15) is 57.3 Å². The molecule has 1 aliphatic rings. The minimum atomic E-state index is 0.192. The maximum atomic E-state index is 12.4. The Hall–Kier alpha value is -1.31. The van der Waals surface area contributed by atoms with E-state index >= 15 is 0 Å². The van der Waals surface area contributed by atoms with Crippen molar-refractivity contribution in [1.29, 1.82) is 0 Å². The van der Waals surface area contributed by atoms with Gasteiger partial charge in [0.2, 0.25) is 0 Å². The molecule has 1 heterocycles. The molecule has 1 aromatic rings. The average molecular weight is 287 g/mol. The van der Waals surface area contributed by atoms with Crippen molar-refractivity contribution < 1.29 is 4.79 Å². The molecule has 1 fully saturated rings. The molecule has 1 aromatic carbocycles. The van der Waals surface area contributed by atoms with E-state index in [9.17, 15) is 4.79 Å². The normalized spacial score (nSPS) is 18.6. The highest BCUT2D eigenvalue weighted by Crippen LogP contribution is 2.33. The van der Waals surface area contributed by atoms with Crippen LogP contribution in [0.25, 0.3) is 0 Å². The van der Waals surface area contributed by atoms with Crippen molar-refractivity contribution in [2.45, 2.75) is 47.0 Å². The van der Waals surface area contributed by atoms with Gasteiger partial charge in [-0.2, -0.15) is 0 Å². The van der Waals surface area contributed by atoms with Crippen LogP contribution < -0.4 is 0 Å². The number of carbonyl (C=O) groups is 1. The highest BCUT2D eigenvalue weighted by Gasteiger charge is 2.28. The lowest BCUT2D eigenvalue weighted by molar-refractivity contribution is 0.0644. The quantitative estimate of drug-likeness (QED) is 0.795. The number of rotatable bonds is 3. The molecule has 0 saturated carbocycles. The third-order valence-electron chi connectivity index (χ3n) is 4.59. The first-order valence-corrected chi connectivity index (χ1v) is 8.21. The van der Waals surface area contributed by atoms with E-state index in [0.717, 1.165) is 43.3 Å². The molecule has 2 nitrogen and oxygen atoms in total. The van der Waals surface area contributed by atoms with Crippen LogP contribution in [0.3, 0.4) is 0 Å². The van der Waals surface area contributed by atoms with E-state index in [1.54, 1.807) is 0 Å². The first-order chi connectivity index (χ1) is 9.87. The molecular formula is C19H29NO. The Labute approximate surface area is 129 Å². The van der Waals surface area contributed by atoms with Gasteiger partial charge in [-0.1, -0.05) is 45.9 Å². The monoisotopic (exact) mass is 287 g/mol. The van der Waals surface area contributed by atoms with Crippen LogP contribution in [0.5, 0.6) is 0 Å². The molecule has 0 aliphatic carbocycles. The molecule has 0 radical (unpaired) electrons. The molecule has 0 spiro atoms. The Morgan fingerprint density at radius 3 is 2.29 bits per heavy atom. The number of benzene rings is 1. The highest BCUT2D eigenvalue weighted by atomic mass is 16.2. The maximum Gasteiger partial charge on any atom is 0.253 e. The van der Waals surface area contributed by atoms with Crippen LogP contribution in [0, 0.1) is 17.3 Å². The Morgan fingerprint density at radius 1 is 1.19 bits per heavy atom. The molecular weight excluding hydrogens is 258 g/mol. The van der Waals surface area contributed by atoms with Crippen LogP contribution in [0.4, 0.5) is 0 Å². The molecule has 1 amide bonds. The van der Waals surface area contributed by atoms with Gasteiger partial charge in [-0.3, -0.25) is 4.79 Å². The largest absolute Gasteiger partial charge is 0.339 e. The Bertz CT molecular complexity index is 452. The molecule has 2 rings (SSSR count). The van der Waals surface area contributed by atoms with Crippen LogP contribution in [-0.2, 0) is 0 Å². The van der Waals surface area contributed by atoms with Gasteiger partial charge in [-0.25, -0.2) is 0 Å². The van der Waals surface area contributed by atoms with Crippen molar-refractivity contribution in [2.24, 2.45) is 17.3 Å². The summed E-state index contributed by atoms with van der Waals surface area (Å²) >= 11 is 0. The van der Waals surface area contributed by atoms with Crippen LogP contribution in [0.2, 0.25) is 0 Å². The SMILES string of the molecule is CC(CC(C)(C)C)C1CCN(C(=O)c2ccccc2)CC1. The summed E-state index contributed by atoms with van der Waals surface area (Å²) in [5.41, 5.74) is 1.22. The summed E-state index contributed by atoms with van der Waals surface area (Å²) in [5.74, 6) is 1.71. The molecule has 0 aromatic heterocycles. The molecule has 21 heavy (non-hydrogen) atoms. The average Bonchev–Trinajstić information content (AvgIpc) is 2.46. The minimum absolute atomic E-state index is 0.192. The van der Waals surface area contributed by atoms with Crippen molar-refractivity contribution in [3.63, 3.8) is 0 Å². The molecule has 0 bridgehead atoms. The van der Waals surface area contributed by atoms with Crippen molar-refractivity contribution >= 4 is 5.91 Å². The van der Waals surface area contributed by atoms with Gasteiger partial charge < -0.3 is 4.90 Å². The van der Waals surface area contributed by atoms with Crippen molar-refractivity contribution in [3.8, 4) is 0 Å².